The van der Waals surface area contributed by atoms with Gasteiger partial charge in [-0.2, -0.15) is 5.26 Å². The zero-order valence-electron chi connectivity index (χ0n) is 18.9. The average Bonchev–Trinajstić information content (AvgIpc) is 3.23. The highest BCUT2D eigenvalue weighted by Gasteiger charge is 2.21. The molecule has 0 aliphatic carbocycles. The molecule has 1 aliphatic rings. The Bertz CT molecular complexity index is 1120. The molecule has 2 aromatic carbocycles. The van der Waals surface area contributed by atoms with E-state index in [1.807, 2.05) is 37.3 Å². The van der Waals surface area contributed by atoms with Crippen LogP contribution < -0.4 is 4.74 Å². The van der Waals surface area contributed by atoms with Crippen LogP contribution in [-0.2, 0) is 9.57 Å². The van der Waals surface area contributed by atoms with Crippen molar-refractivity contribution in [3.8, 4) is 11.8 Å². The molecule has 0 radical (unpaired) electrons. The summed E-state index contributed by atoms with van der Waals surface area (Å²) in [5, 5.41) is 13.4. The van der Waals surface area contributed by atoms with E-state index in [4.69, 9.17) is 25.9 Å². The van der Waals surface area contributed by atoms with Crippen molar-refractivity contribution in [2.45, 2.75) is 19.8 Å². The number of cyclic esters (lactones) is 1. The summed E-state index contributed by atoms with van der Waals surface area (Å²) < 4.78 is 10.5. The number of ether oxygens (including phenoxy) is 2. The normalized spacial score (nSPS) is 14.2. The lowest BCUT2D eigenvalue weighted by atomic mass is 9.92. The van der Waals surface area contributed by atoms with E-state index in [-0.39, 0.29) is 11.3 Å². The van der Waals surface area contributed by atoms with Gasteiger partial charge < -0.3 is 19.2 Å². The summed E-state index contributed by atoms with van der Waals surface area (Å²) in [5.74, 6) is 0.613. The second-order valence-corrected chi connectivity index (χ2v) is 7.85. The summed E-state index contributed by atoms with van der Waals surface area (Å²) >= 11 is 6.38. The largest absolute Gasteiger partial charge is 0.496 e. The summed E-state index contributed by atoms with van der Waals surface area (Å²) in [5.41, 5.74) is 4.83. The molecule has 0 bridgehead atoms. The zero-order valence-corrected chi connectivity index (χ0v) is 19.7. The number of benzene rings is 2. The van der Waals surface area contributed by atoms with Gasteiger partial charge in [0, 0.05) is 6.54 Å². The topological polar surface area (TPSA) is 84.2 Å². The molecule has 1 saturated heterocycles. The molecule has 0 spiro atoms. The van der Waals surface area contributed by atoms with Crippen LogP contribution in [0.15, 0.2) is 47.6 Å². The van der Waals surface area contributed by atoms with E-state index >= 15 is 0 Å². The lowest BCUT2D eigenvalue weighted by Crippen LogP contribution is -2.25. The standard InChI is InChI=1S/C25H26ClN3O4/c1-17-13-20(15-22(23(17)31-2)24(26)28-32-3)21(19-8-6-7-18(14-19)16-27)9-4-5-10-29-11-12-33-25(29)30/h6-9,13-15H,4-5,10-12H2,1-3H3/b21-9-,28-24-. The lowest BCUT2D eigenvalue weighted by Gasteiger charge is -2.16. The maximum absolute atomic E-state index is 11.7. The number of unbranched alkanes of at least 4 members (excludes halogenated alkanes) is 1. The second kappa shape index (κ2) is 11.4. The Kier molecular flexibility index (Phi) is 8.34. The highest BCUT2D eigenvalue weighted by Crippen LogP contribution is 2.33. The van der Waals surface area contributed by atoms with Crippen LogP contribution in [0.2, 0.25) is 0 Å². The monoisotopic (exact) mass is 467 g/mol. The molecule has 172 valence electrons. The number of allylic oxidation sites excluding steroid dienone is 1. The van der Waals surface area contributed by atoms with Crippen molar-refractivity contribution in [2.24, 2.45) is 5.16 Å². The Hall–Kier alpha value is -3.50. The van der Waals surface area contributed by atoms with Gasteiger partial charge in [-0.15, -0.1) is 0 Å². The Labute approximate surface area is 198 Å². The highest BCUT2D eigenvalue weighted by molar-refractivity contribution is 6.69. The number of rotatable bonds is 9. The van der Waals surface area contributed by atoms with Crippen LogP contribution in [-0.4, -0.2) is 50.1 Å². The number of oxime groups is 1. The molecule has 8 heteroatoms. The molecule has 1 heterocycles. The van der Waals surface area contributed by atoms with Gasteiger partial charge in [0.05, 0.1) is 30.9 Å². The predicted molar refractivity (Wildman–Crippen MR) is 128 cm³/mol. The number of hydrogen-bond acceptors (Lipinski definition) is 6. The molecule has 1 fully saturated rings. The number of carbonyl (C=O) groups is 1. The number of methoxy groups -OCH3 is 1. The lowest BCUT2D eigenvalue weighted by molar-refractivity contribution is 0.158. The molecule has 0 atom stereocenters. The minimum absolute atomic E-state index is 0.178. The molecule has 2 aromatic rings. The van der Waals surface area contributed by atoms with Gasteiger partial charge in [0.2, 0.25) is 0 Å². The molecule has 0 saturated carbocycles. The summed E-state index contributed by atoms with van der Waals surface area (Å²) in [4.78, 5) is 18.2. The Morgan fingerprint density at radius 1 is 1.30 bits per heavy atom. The van der Waals surface area contributed by atoms with E-state index in [1.54, 1.807) is 18.1 Å². The average molecular weight is 468 g/mol. The molecular formula is C25H26ClN3O4. The third-order valence-electron chi connectivity index (χ3n) is 5.31. The van der Waals surface area contributed by atoms with Crippen LogP contribution >= 0.6 is 11.6 Å². The van der Waals surface area contributed by atoms with Crippen molar-refractivity contribution >= 4 is 28.4 Å². The minimum atomic E-state index is -0.261. The van der Waals surface area contributed by atoms with Crippen LogP contribution in [0, 0.1) is 18.3 Å². The summed E-state index contributed by atoms with van der Waals surface area (Å²) in [6.45, 7) is 3.63. The van der Waals surface area contributed by atoms with Crippen LogP contribution in [0.3, 0.4) is 0 Å². The van der Waals surface area contributed by atoms with Crippen molar-refractivity contribution in [3.63, 3.8) is 0 Å². The van der Waals surface area contributed by atoms with E-state index in [9.17, 15) is 10.1 Å². The van der Waals surface area contributed by atoms with E-state index < -0.39 is 0 Å². The summed E-state index contributed by atoms with van der Waals surface area (Å²) in [6.07, 6.45) is 3.37. The molecule has 1 amide bonds. The predicted octanol–water partition coefficient (Wildman–Crippen LogP) is 5.09. The van der Waals surface area contributed by atoms with Gasteiger partial charge in [-0.25, -0.2) is 4.79 Å². The first-order valence-electron chi connectivity index (χ1n) is 10.6. The molecule has 0 aromatic heterocycles. The Balaban J connectivity index is 2.00. The molecule has 1 aliphatic heterocycles. The number of hydrogen-bond donors (Lipinski definition) is 0. The smallest absolute Gasteiger partial charge is 0.409 e. The van der Waals surface area contributed by atoms with Crippen LogP contribution in [0.1, 0.15) is 40.7 Å². The van der Waals surface area contributed by atoms with Gasteiger partial charge in [0.1, 0.15) is 19.5 Å². The summed E-state index contributed by atoms with van der Waals surface area (Å²) in [6, 6.07) is 13.6. The number of halogens is 1. The van der Waals surface area contributed by atoms with Crippen molar-refractivity contribution in [2.75, 3.05) is 33.9 Å². The van der Waals surface area contributed by atoms with Crippen molar-refractivity contribution in [3.05, 3.63) is 70.3 Å². The molecule has 0 N–H and O–H groups in total. The number of amides is 1. The number of carbonyl (C=O) groups excluding carboxylic acids is 1. The Morgan fingerprint density at radius 2 is 2.12 bits per heavy atom. The first-order valence-corrected chi connectivity index (χ1v) is 10.9. The summed E-state index contributed by atoms with van der Waals surface area (Å²) in [7, 11) is 3.01. The number of nitriles is 1. The van der Waals surface area contributed by atoms with Gasteiger partial charge in [0.15, 0.2) is 5.17 Å². The van der Waals surface area contributed by atoms with Crippen LogP contribution in [0.4, 0.5) is 4.79 Å². The van der Waals surface area contributed by atoms with E-state index in [1.165, 1.54) is 7.11 Å². The second-order valence-electron chi connectivity index (χ2n) is 7.49. The van der Waals surface area contributed by atoms with E-state index in [2.05, 4.69) is 17.3 Å². The van der Waals surface area contributed by atoms with Crippen molar-refractivity contribution in [1.29, 1.82) is 5.26 Å². The first-order chi connectivity index (χ1) is 16.0. The Morgan fingerprint density at radius 3 is 2.79 bits per heavy atom. The van der Waals surface area contributed by atoms with Crippen LogP contribution in [0.25, 0.3) is 5.57 Å². The van der Waals surface area contributed by atoms with Gasteiger partial charge >= 0.3 is 6.09 Å². The van der Waals surface area contributed by atoms with Gasteiger partial charge in [-0.1, -0.05) is 35.0 Å². The number of aryl methyl sites for hydroxylation is 1. The third kappa shape index (κ3) is 5.85. The van der Waals surface area contributed by atoms with Crippen LogP contribution in [0.5, 0.6) is 5.75 Å². The van der Waals surface area contributed by atoms with Gasteiger partial charge in [-0.3, -0.25) is 0 Å². The molecule has 7 nitrogen and oxygen atoms in total. The fourth-order valence-electron chi connectivity index (χ4n) is 3.80. The van der Waals surface area contributed by atoms with Gasteiger partial charge in [-0.05, 0) is 66.3 Å². The van der Waals surface area contributed by atoms with Crippen molar-refractivity contribution in [1.82, 2.24) is 4.90 Å². The zero-order chi connectivity index (χ0) is 23.8. The van der Waals surface area contributed by atoms with Gasteiger partial charge in [0.25, 0.3) is 0 Å². The highest BCUT2D eigenvalue weighted by atomic mass is 35.5. The third-order valence-corrected chi connectivity index (χ3v) is 5.58. The minimum Gasteiger partial charge on any atom is -0.496 e. The maximum Gasteiger partial charge on any atom is 0.409 e. The fraction of sp³-hybridized carbons (Fsp3) is 0.320. The van der Waals surface area contributed by atoms with E-state index in [0.29, 0.717) is 36.6 Å². The van der Waals surface area contributed by atoms with Crippen molar-refractivity contribution < 1.29 is 19.1 Å². The molecule has 33 heavy (non-hydrogen) atoms. The molecule has 3 rings (SSSR count). The fourth-order valence-corrected chi connectivity index (χ4v) is 4.01. The first kappa shape index (κ1) is 24.1. The molecule has 0 unspecified atom stereocenters. The maximum atomic E-state index is 11.7. The number of nitrogens with zero attached hydrogens (tertiary/aromatic N) is 3. The SMILES string of the molecule is CO/N=C(\Cl)c1cc(/C(=C\CCCN2CCOC2=O)c2cccc(C#N)c2)cc(C)c1OC. The van der Waals surface area contributed by atoms with E-state index in [0.717, 1.165) is 35.1 Å². The quantitative estimate of drug-likeness (QED) is 0.291. The molecular weight excluding hydrogens is 442 g/mol.